The van der Waals surface area contributed by atoms with E-state index in [-0.39, 0.29) is 11.3 Å². The van der Waals surface area contributed by atoms with Gasteiger partial charge in [0.2, 0.25) is 0 Å². The lowest BCUT2D eigenvalue weighted by Gasteiger charge is -2.25. The Morgan fingerprint density at radius 3 is 2.23 bits per heavy atom. The molecule has 0 spiro atoms. The van der Waals surface area contributed by atoms with Crippen LogP contribution in [0.5, 0.6) is 0 Å². The van der Waals surface area contributed by atoms with Crippen molar-refractivity contribution in [1.29, 1.82) is 0 Å². The smallest absolute Gasteiger partial charge is 0.277 e. The van der Waals surface area contributed by atoms with Crippen molar-refractivity contribution < 1.29 is 4.79 Å². The van der Waals surface area contributed by atoms with Gasteiger partial charge in [-0.15, -0.1) is 0 Å². The molecule has 6 heteroatoms. The normalized spacial score (nSPS) is 16.5. The molecular weight excluding hydrogens is 454 g/mol. The zero-order valence-electron chi connectivity index (χ0n) is 16.2. The highest BCUT2D eigenvalue weighted by Gasteiger charge is 2.42. The highest BCUT2D eigenvalue weighted by atomic mass is 79.9. The number of allylic oxidation sites excluding steroid dienone is 1. The average molecular weight is 470 g/mol. The maximum Gasteiger partial charge on any atom is 0.277 e. The monoisotopic (exact) mass is 469 g/mol. The topological polar surface area (TPSA) is 66.9 Å². The second-order valence-corrected chi connectivity index (χ2v) is 8.57. The van der Waals surface area contributed by atoms with Gasteiger partial charge in [-0.1, -0.05) is 70.5 Å². The van der Waals surface area contributed by atoms with E-state index in [1.807, 2.05) is 78.9 Å². The van der Waals surface area contributed by atoms with Crippen LogP contribution in [0.25, 0.3) is 11.4 Å². The van der Waals surface area contributed by atoms with Gasteiger partial charge in [-0.3, -0.25) is 14.7 Å². The predicted octanol–water partition coefficient (Wildman–Crippen LogP) is 5.09. The summed E-state index contributed by atoms with van der Waals surface area (Å²) >= 11 is 3.48. The van der Waals surface area contributed by atoms with Crippen LogP contribution in [0, 0.1) is 0 Å². The number of carbonyl (C=O) groups excluding carboxylic acids is 1. The van der Waals surface area contributed by atoms with Crippen LogP contribution in [-0.4, -0.2) is 15.6 Å². The Bertz CT molecular complexity index is 1450. The lowest BCUT2D eigenvalue weighted by molar-refractivity contribution is 0.103. The summed E-state index contributed by atoms with van der Waals surface area (Å²) in [5.41, 5.74) is 4.93. The van der Waals surface area contributed by atoms with E-state index in [1.165, 1.54) is 4.68 Å². The number of rotatable bonds is 2. The largest absolute Gasteiger partial charge is 0.339 e. The number of nitrogens with zero attached hydrogens (tertiary/aromatic N) is 1. The van der Waals surface area contributed by atoms with E-state index in [2.05, 4.69) is 26.3 Å². The minimum atomic E-state index is -0.465. The first-order valence-electron chi connectivity index (χ1n) is 9.94. The van der Waals surface area contributed by atoms with Crippen molar-refractivity contribution in [3.05, 3.63) is 122 Å². The number of Topliss-reactive ketones (excluding diaryl/α,β-unsaturated/α-hetero) is 1. The molecule has 1 unspecified atom stereocenters. The molecule has 3 aromatic carbocycles. The molecule has 0 saturated carbocycles. The van der Waals surface area contributed by atoms with Gasteiger partial charge in [0.1, 0.15) is 5.82 Å². The van der Waals surface area contributed by atoms with Crippen molar-refractivity contribution in [1.82, 2.24) is 9.78 Å². The van der Waals surface area contributed by atoms with E-state index in [9.17, 15) is 9.59 Å². The molecule has 2 aliphatic rings. The molecule has 1 aliphatic heterocycles. The van der Waals surface area contributed by atoms with E-state index in [4.69, 9.17) is 0 Å². The molecule has 31 heavy (non-hydrogen) atoms. The first-order valence-corrected chi connectivity index (χ1v) is 10.7. The zero-order valence-corrected chi connectivity index (χ0v) is 17.8. The number of fused-ring (bicyclic) bond motifs is 3. The Morgan fingerprint density at radius 2 is 1.48 bits per heavy atom. The average Bonchev–Trinajstić information content (AvgIpc) is 3.29. The summed E-state index contributed by atoms with van der Waals surface area (Å²) in [6.45, 7) is 0. The Kier molecular flexibility index (Phi) is 3.91. The summed E-state index contributed by atoms with van der Waals surface area (Å²) in [6, 6.07) is 24.8. The second-order valence-electron chi connectivity index (χ2n) is 7.65. The standard InChI is InChI=1S/C25H16BrN3O2/c26-15-12-10-14(11-13-15)19-20-22(17-8-4-5-9-18(17)23(20)30)27-24-21(19)25(31)29(28-24)16-6-2-1-3-7-16/h1-13,19,27-28H. The lowest BCUT2D eigenvalue weighted by Crippen LogP contribution is -2.25. The van der Waals surface area contributed by atoms with Crippen LogP contribution in [0.3, 0.4) is 0 Å². The Morgan fingerprint density at radius 1 is 0.806 bits per heavy atom. The van der Waals surface area contributed by atoms with Crippen LogP contribution in [0.1, 0.15) is 33.0 Å². The first-order chi connectivity index (χ1) is 15.1. The van der Waals surface area contributed by atoms with Crippen molar-refractivity contribution in [3.63, 3.8) is 0 Å². The predicted molar refractivity (Wildman–Crippen MR) is 124 cm³/mol. The number of para-hydroxylation sites is 1. The number of aromatic amines is 1. The molecule has 1 aliphatic carbocycles. The van der Waals surface area contributed by atoms with Gasteiger partial charge in [0.15, 0.2) is 5.78 Å². The number of nitrogens with one attached hydrogen (secondary N) is 2. The Balaban J connectivity index is 1.62. The van der Waals surface area contributed by atoms with Gasteiger partial charge in [-0.25, -0.2) is 4.68 Å². The number of hydrogen-bond donors (Lipinski definition) is 2. The number of H-pyrrole nitrogens is 1. The molecule has 4 aromatic rings. The number of anilines is 1. The molecule has 1 aromatic heterocycles. The molecule has 0 radical (unpaired) electrons. The number of aromatic nitrogens is 2. The van der Waals surface area contributed by atoms with Gasteiger partial charge in [-0.2, -0.15) is 0 Å². The molecule has 6 rings (SSSR count). The van der Waals surface area contributed by atoms with Gasteiger partial charge in [-0.05, 0) is 29.8 Å². The molecule has 2 N–H and O–H groups in total. The summed E-state index contributed by atoms with van der Waals surface area (Å²) < 4.78 is 2.47. The molecule has 1 atom stereocenters. The van der Waals surface area contributed by atoms with Gasteiger partial charge in [0, 0.05) is 27.1 Å². The molecule has 0 fully saturated rings. The van der Waals surface area contributed by atoms with Crippen molar-refractivity contribution in [3.8, 4) is 5.69 Å². The SMILES string of the molecule is O=C1C2=C(Nc3[nH]n(-c4ccccc4)c(=O)c3C2c2ccc(Br)cc2)c2ccccc21. The Hall–Kier alpha value is -3.64. The van der Waals surface area contributed by atoms with Crippen LogP contribution >= 0.6 is 15.9 Å². The zero-order chi connectivity index (χ0) is 21.1. The number of halogens is 1. The van der Waals surface area contributed by atoms with Gasteiger partial charge >= 0.3 is 0 Å². The van der Waals surface area contributed by atoms with Crippen molar-refractivity contribution in [2.24, 2.45) is 0 Å². The van der Waals surface area contributed by atoms with Crippen LogP contribution in [0.2, 0.25) is 0 Å². The maximum atomic E-state index is 13.6. The van der Waals surface area contributed by atoms with Crippen LogP contribution in [0.15, 0.2) is 93.7 Å². The lowest BCUT2D eigenvalue weighted by atomic mass is 9.82. The first kappa shape index (κ1) is 18.2. The van der Waals surface area contributed by atoms with E-state index in [1.54, 1.807) is 0 Å². The van der Waals surface area contributed by atoms with Crippen molar-refractivity contribution in [2.75, 3.05) is 5.32 Å². The van der Waals surface area contributed by atoms with E-state index < -0.39 is 5.92 Å². The Labute approximate surface area is 186 Å². The van der Waals surface area contributed by atoms with Gasteiger partial charge in [0.25, 0.3) is 5.56 Å². The third-order valence-corrected chi connectivity index (χ3v) is 6.46. The highest BCUT2D eigenvalue weighted by Crippen LogP contribution is 2.47. The highest BCUT2D eigenvalue weighted by molar-refractivity contribution is 9.10. The van der Waals surface area contributed by atoms with Crippen molar-refractivity contribution in [2.45, 2.75) is 5.92 Å². The summed E-state index contributed by atoms with van der Waals surface area (Å²) in [4.78, 5) is 27.0. The quantitative estimate of drug-likeness (QED) is 0.429. The molecular formula is C25H16BrN3O2. The third-order valence-electron chi connectivity index (χ3n) is 5.93. The van der Waals surface area contributed by atoms with E-state index >= 15 is 0 Å². The van der Waals surface area contributed by atoms with Gasteiger partial charge < -0.3 is 5.32 Å². The van der Waals surface area contributed by atoms with Crippen LogP contribution in [-0.2, 0) is 0 Å². The molecule has 150 valence electrons. The third kappa shape index (κ3) is 2.61. The second kappa shape index (κ2) is 6.68. The fraction of sp³-hybridized carbons (Fsp3) is 0.0400. The number of carbonyl (C=O) groups is 1. The fourth-order valence-electron chi connectivity index (χ4n) is 4.54. The summed E-state index contributed by atoms with van der Waals surface area (Å²) in [7, 11) is 0. The summed E-state index contributed by atoms with van der Waals surface area (Å²) in [5, 5.41) is 6.59. The number of hydrogen-bond acceptors (Lipinski definition) is 3. The van der Waals surface area contributed by atoms with Crippen LogP contribution < -0.4 is 10.9 Å². The minimum absolute atomic E-state index is 0.0384. The van der Waals surface area contributed by atoms with Gasteiger partial charge in [0.05, 0.1) is 16.9 Å². The minimum Gasteiger partial charge on any atom is -0.339 e. The van der Waals surface area contributed by atoms with Crippen molar-refractivity contribution >= 4 is 33.2 Å². The fourth-order valence-corrected chi connectivity index (χ4v) is 4.81. The maximum absolute atomic E-state index is 13.6. The number of benzene rings is 3. The summed E-state index contributed by atoms with van der Waals surface area (Å²) in [5.74, 6) is 0.113. The number of ketones is 1. The molecule has 0 bridgehead atoms. The molecule has 2 heterocycles. The molecule has 0 amide bonds. The summed E-state index contributed by atoms with van der Waals surface area (Å²) in [6.07, 6.45) is 0. The van der Waals surface area contributed by atoms with E-state index in [0.717, 1.165) is 27.0 Å². The molecule has 5 nitrogen and oxygen atoms in total. The van der Waals surface area contributed by atoms with E-state index in [0.29, 0.717) is 22.5 Å². The molecule has 0 saturated heterocycles. The van der Waals surface area contributed by atoms with Crippen LogP contribution in [0.4, 0.5) is 5.82 Å².